The van der Waals surface area contributed by atoms with Gasteiger partial charge in [0.05, 0.1) is 6.54 Å². The summed E-state index contributed by atoms with van der Waals surface area (Å²) in [4.78, 5) is 19.0. The molecule has 5 heteroatoms. The number of carbonyl (C=O) groups excluding carboxylic acids is 1. The maximum Gasteiger partial charge on any atom is 0.224 e. The van der Waals surface area contributed by atoms with Crippen molar-refractivity contribution >= 4 is 11.9 Å². The molecule has 1 aromatic carbocycles. The summed E-state index contributed by atoms with van der Waals surface area (Å²) in [5, 5.41) is 6.75. The van der Waals surface area contributed by atoms with Crippen molar-refractivity contribution < 1.29 is 4.79 Å². The predicted octanol–water partition coefficient (Wildman–Crippen LogP) is 3.21. The first-order valence-corrected chi connectivity index (χ1v) is 10.4. The molecule has 0 spiro atoms. The highest BCUT2D eigenvalue weighted by Crippen LogP contribution is 2.16. The third kappa shape index (κ3) is 8.02. The van der Waals surface area contributed by atoms with E-state index in [1.54, 1.807) is 0 Å². The fourth-order valence-corrected chi connectivity index (χ4v) is 3.49. The van der Waals surface area contributed by atoms with Crippen LogP contribution in [0.1, 0.15) is 52.0 Å². The van der Waals surface area contributed by atoms with Crippen LogP contribution in [0, 0.1) is 5.92 Å². The summed E-state index contributed by atoms with van der Waals surface area (Å²) in [7, 11) is 0. The van der Waals surface area contributed by atoms with Crippen LogP contribution >= 0.6 is 0 Å². The predicted molar refractivity (Wildman–Crippen MR) is 113 cm³/mol. The number of piperidine rings is 1. The Kier molecular flexibility index (Phi) is 9.16. The highest BCUT2D eigenvalue weighted by atomic mass is 16.2. The number of guanidine groups is 1. The molecule has 1 aliphatic rings. The molecule has 0 aliphatic carbocycles. The Labute approximate surface area is 164 Å². The molecule has 0 aromatic heterocycles. The van der Waals surface area contributed by atoms with E-state index in [4.69, 9.17) is 0 Å². The number of amides is 1. The number of nitrogens with one attached hydrogen (secondary N) is 2. The zero-order valence-electron chi connectivity index (χ0n) is 17.2. The number of nitrogens with zero attached hydrogens (tertiary/aromatic N) is 2. The number of carbonyl (C=O) groups is 1. The Morgan fingerprint density at radius 1 is 1.33 bits per heavy atom. The van der Waals surface area contributed by atoms with Crippen LogP contribution in [-0.4, -0.2) is 49.0 Å². The smallest absolute Gasteiger partial charge is 0.224 e. The van der Waals surface area contributed by atoms with Gasteiger partial charge in [0.2, 0.25) is 5.91 Å². The van der Waals surface area contributed by atoms with Gasteiger partial charge in [-0.25, -0.2) is 0 Å². The molecule has 2 unspecified atom stereocenters. The summed E-state index contributed by atoms with van der Waals surface area (Å²) >= 11 is 0. The molecular weight excluding hydrogens is 336 g/mol. The Morgan fingerprint density at radius 3 is 2.81 bits per heavy atom. The van der Waals surface area contributed by atoms with Gasteiger partial charge in [0.25, 0.3) is 0 Å². The van der Waals surface area contributed by atoms with Gasteiger partial charge in [0.15, 0.2) is 5.96 Å². The van der Waals surface area contributed by atoms with Gasteiger partial charge in [-0.05, 0) is 51.0 Å². The molecule has 0 bridgehead atoms. The van der Waals surface area contributed by atoms with Crippen LogP contribution in [0.3, 0.4) is 0 Å². The molecule has 1 aliphatic heterocycles. The van der Waals surface area contributed by atoms with Crippen LogP contribution in [0.2, 0.25) is 0 Å². The van der Waals surface area contributed by atoms with Crippen molar-refractivity contribution in [1.82, 2.24) is 15.5 Å². The Balaban J connectivity index is 1.76. The summed E-state index contributed by atoms with van der Waals surface area (Å²) < 4.78 is 0. The molecular formula is C22H36N4O. The lowest BCUT2D eigenvalue weighted by Crippen LogP contribution is -2.43. The lowest BCUT2D eigenvalue weighted by atomic mass is 10.00. The molecule has 2 rings (SSSR count). The molecule has 1 saturated heterocycles. The molecule has 27 heavy (non-hydrogen) atoms. The minimum atomic E-state index is 0.235. The van der Waals surface area contributed by atoms with Crippen molar-refractivity contribution in [2.75, 3.05) is 26.2 Å². The number of rotatable bonds is 8. The molecule has 2 N–H and O–H groups in total. The first-order chi connectivity index (χ1) is 13.1. The maximum absolute atomic E-state index is 12.4. The van der Waals surface area contributed by atoms with E-state index in [1.165, 1.54) is 12.0 Å². The third-order valence-corrected chi connectivity index (χ3v) is 5.04. The van der Waals surface area contributed by atoms with Crippen LogP contribution in [0.15, 0.2) is 35.3 Å². The minimum Gasteiger partial charge on any atom is -0.357 e. The van der Waals surface area contributed by atoms with E-state index in [2.05, 4.69) is 60.7 Å². The van der Waals surface area contributed by atoms with Crippen molar-refractivity contribution in [3.63, 3.8) is 0 Å². The monoisotopic (exact) mass is 372 g/mol. The molecule has 0 saturated carbocycles. The van der Waals surface area contributed by atoms with Gasteiger partial charge >= 0.3 is 0 Å². The summed E-state index contributed by atoms with van der Waals surface area (Å²) in [6, 6.07) is 10.9. The number of aryl methyl sites for hydroxylation is 1. The second-order valence-corrected chi connectivity index (χ2v) is 7.67. The van der Waals surface area contributed by atoms with Crippen molar-refractivity contribution in [2.24, 2.45) is 10.9 Å². The van der Waals surface area contributed by atoms with Crippen molar-refractivity contribution in [1.29, 1.82) is 0 Å². The first-order valence-electron chi connectivity index (χ1n) is 10.4. The van der Waals surface area contributed by atoms with Gasteiger partial charge < -0.3 is 15.5 Å². The largest absolute Gasteiger partial charge is 0.357 e. The zero-order valence-corrected chi connectivity index (χ0v) is 17.2. The van der Waals surface area contributed by atoms with Gasteiger partial charge in [-0.3, -0.25) is 9.79 Å². The van der Waals surface area contributed by atoms with Crippen LogP contribution in [-0.2, 0) is 11.2 Å². The van der Waals surface area contributed by atoms with Crippen molar-refractivity contribution in [3.05, 3.63) is 35.9 Å². The van der Waals surface area contributed by atoms with E-state index in [-0.39, 0.29) is 5.91 Å². The quantitative estimate of drug-likeness (QED) is 0.544. The van der Waals surface area contributed by atoms with E-state index in [9.17, 15) is 4.79 Å². The molecule has 1 amide bonds. The standard InChI is InChI=1S/C22H36N4O/c1-4-23-22(25-19(3)12-13-20-10-6-5-7-11-20)24-15-14-21(27)26-16-8-9-18(2)17-26/h5-7,10-11,18-19H,4,8-9,12-17H2,1-3H3,(H2,23,24,25). The van der Waals surface area contributed by atoms with Gasteiger partial charge in [-0.1, -0.05) is 37.3 Å². The van der Waals surface area contributed by atoms with Crippen LogP contribution in [0.25, 0.3) is 0 Å². The minimum absolute atomic E-state index is 0.235. The normalized spacial score (nSPS) is 18.9. The Morgan fingerprint density at radius 2 is 2.11 bits per heavy atom. The number of likely N-dealkylation sites (tertiary alicyclic amines) is 1. The van der Waals surface area contributed by atoms with Crippen molar-refractivity contribution in [2.45, 2.75) is 58.9 Å². The number of hydrogen-bond acceptors (Lipinski definition) is 2. The van der Waals surface area contributed by atoms with E-state index >= 15 is 0 Å². The summed E-state index contributed by atoms with van der Waals surface area (Å²) in [5.74, 6) is 1.66. The number of hydrogen-bond donors (Lipinski definition) is 2. The van der Waals surface area contributed by atoms with E-state index in [0.29, 0.717) is 24.9 Å². The summed E-state index contributed by atoms with van der Waals surface area (Å²) in [5.41, 5.74) is 1.36. The third-order valence-electron chi connectivity index (χ3n) is 5.04. The SMILES string of the molecule is CCNC(=NCCC(=O)N1CCCC(C)C1)NC(C)CCc1ccccc1. The van der Waals surface area contributed by atoms with Gasteiger partial charge in [0, 0.05) is 32.1 Å². The maximum atomic E-state index is 12.4. The fourth-order valence-electron chi connectivity index (χ4n) is 3.49. The Bertz CT molecular complexity index is 587. The second-order valence-electron chi connectivity index (χ2n) is 7.67. The highest BCUT2D eigenvalue weighted by Gasteiger charge is 2.20. The van der Waals surface area contributed by atoms with E-state index in [1.807, 2.05) is 11.0 Å². The van der Waals surface area contributed by atoms with Gasteiger partial charge in [-0.2, -0.15) is 0 Å². The summed E-state index contributed by atoms with van der Waals surface area (Å²) in [6.07, 6.45) is 4.93. The lowest BCUT2D eigenvalue weighted by Gasteiger charge is -2.30. The Hall–Kier alpha value is -2.04. The average Bonchev–Trinajstić information content (AvgIpc) is 2.67. The van der Waals surface area contributed by atoms with Crippen molar-refractivity contribution in [3.8, 4) is 0 Å². The number of aliphatic imine (C=N–C) groups is 1. The molecule has 0 radical (unpaired) electrons. The molecule has 2 atom stereocenters. The molecule has 1 fully saturated rings. The molecule has 5 nitrogen and oxygen atoms in total. The fraction of sp³-hybridized carbons (Fsp3) is 0.636. The molecule has 1 heterocycles. The molecule has 1 aromatic rings. The topological polar surface area (TPSA) is 56.7 Å². The lowest BCUT2D eigenvalue weighted by molar-refractivity contribution is -0.132. The van der Waals surface area contributed by atoms with Crippen LogP contribution < -0.4 is 10.6 Å². The van der Waals surface area contributed by atoms with E-state index < -0.39 is 0 Å². The van der Waals surface area contributed by atoms with E-state index in [0.717, 1.165) is 44.9 Å². The van der Waals surface area contributed by atoms with Gasteiger partial charge in [0.1, 0.15) is 0 Å². The molecule has 150 valence electrons. The highest BCUT2D eigenvalue weighted by molar-refractivity contribution is 5.81. The zero-order chi connectivity index (χ0) is 19.5. The summed E-state index contributed by atoms with van der Waals surface area (Å²) in [6.45, 7) is 9.61. The van der Waals surface area contributed by atoms with Crippen LogP contribution in [0.5, 0.6) is 0 Å². The number of benzene rings is 1. The second kappa shape index (κ2) is 11.6. The van der Waals surface area contributed by atoms with Crippen LogP contribution in [0.4, 0.5) is 0 Å². The van der Waals surface area contributed by atoms with Gasteiger partial charge in [-0.15, -0.1) is 0 Å². The first kappa shape index (κ1) is 21.3. The average molecular weight is 373 g/mol.